The van der Waals surface area contributed by atoms with E-state index in [1.807, 2.05) is 13.0 Å². The Morgan fingerprint density at radius 3 is 2.90 bits per heavy atom. The topological polar surface area (TPSA) is 67.6 Å². The van der Waals surface area contributed by atoms with Crippen molar-refractivity contribution in [2.75, 3.05) is 26.3 Å². The lowest BCUT2D eigenvalue weighted by atomic mass is 10.1. The second-order valence-electron chi connectivity index (χ2n) is 5.45. The number of aromatic nitrogens is 1. The Labute approximate surface area is 125 Å². The molecule has 0 saturated carbocycles. The highest BCUT2D eigenvalue weighted by atomic mass is 16.5. The number of rotatable bonds is 7. The summed E-state index contributed by atoms with van der Waals surface area (Å²) in [6, 6.07) is 2.30. The van der Waals surface area contributed by atoms with Gasteiger partial charge in [-0.05, 0) is 19.8 Å². The minimum Gasteiger partial charge on any atom is -0.379 e. The van der Waals surface area contributed by atoms with Gasteiger partial charge in [0.15, 0.2) is 5.76 Å². The van der Waals surface area contributed by atoms with Crippen LogP contribution in [0.2, 0.25) is 0 Å². The summed E-state index contributed by atoms with van der Waals surface area (Å²) in [6.07, 6.45) is 2.24. The monoisotopic (exact) mass is 295 g/mol. The van der Waals surface area contributed by atoms with E-state index in [9.17, 15) is 4.79 Å². The Hall–Kier alpha value is -1.40. The zero-order valence-electron chi connectivity index (χ0n) is 12.9. The van der Waals surface area contributed by atoms with Crippen LogP contribution >= 0.6 is 0 Å². The minimum absolute atomic E-state index is 0.0598. The van der Waals surface area contributed by atoms with Crippen molar-refractivity contribution >= 4 is 5.91 Å². The van der Waals surface area contributed by atoms with E-state index in [-0.39, 0.29) is 5.91 Å². The molecule has 21 heavy (non-hydrogen) atoms. The third kappa shape index (κ3) is 5.13. The fourth-order valence-corrected chi connectivity index (χ4v) is 2.42. The summed E-state index contributed by atoms with van der Waals surface area (Å²) < 4.78 is 10.5. The fraction of sp³-hybridized carbons (Fsp3) is 0.733. The predicted octanol–water partition coefficient (Wildman–Crippen LogP) is 1.35. The number of carbonyl (C=O) groups excluding carboxylic acids is 1. The first-order chi connectivity index (χ1) is 10.2. The molecule has 0 bridgehead atoms. The summed E-state index contributed by atoms with van der Waals surface area (Å²) in [5.41, 5.74) is 0.917. The second-order valence-corrected chi connectivity index (χ2v) is 5.45. The molecule has 0 radical (unpaired) electrons. The number of carbonyl (C=O) groups is 1. The van der Waals surface area contributed by atoms with Gasteiger partial charge >= 0.3 is 0 Å². The van der Waals surface area contributed by atoms with Crippen molar-refractivity contribution in [1.82, 2.24) is 15.4 Å². The van der Waals surface area contributed by atoms with E-state index in [4.69, 9.17) is 9.26 Å². The Morgan fingerprint density at radius 2 is 2.24 bits per heavy atom. The molecule has 1 saturated heterocycles. The third-order valence-electron chi connectivity index (χ3n) is 3.89. The summed E-state index contributed by atoms with van der Waals surface area (Å²) in [4.78, 5) is 14.2. The van der Waals surface area contributed by atoms with Gasteiger partial charge in [-0.25, -0.2) is 0 Å². The maximum absolute atomic E-state index is 11.9. The molecule has 118 valence electrons. The van der Waals surface area contributed by atoms with Gasteiger partial charge in [0.25, 0.3) is 0 Å². The normalized spacial score (nSPS) is 17.6. The average Bonchev–Trinajstić information content (AvgIpc) is 2.99. The Kier molecular flexibility index (Phi) is 6.20. The van der Waals surface area contributed by atoms with Crippen molar-refractivity contribution in [3.05, 3.63) is 17.5 Å². The van der Waals surface area contributed by atoms with E-state index in [1.54, 1.807) is 0 Å². The number of hydrogen-bond acceptors (Lipinski definition) is 5. The number of hydrogen-bond donors (Lipinski definition) is 1. The number of nitrogens with one attached hydrogen (secondary N) is 1. The molecule has 2 rings (SSSR count). The highest BCUT2D eigenvalue weighted by molar-refractivity contribution is 5.75. The number of aryl methyl sites for hydroxylation is 1. The van der Waals surface area contributed by atoms with Crippen molar-refractivity contribution in [3.63, 3.8) is 0 Å². The fourth-order valence-electron chi connectivity index (χ4n) is 2.42. The molecule has 1 N–H and O–H groups in total. The van der Waals surface area contributed by atoms with E-state index >= 15 is 0 Å². The van der Waals surface area contributed by atoms with Crippen LogP contribution in [0, 0.1) is 0 Å². The molecular formula is C15H25N3O3. The third-order valence-corrected chi connectivity index (χ3v) is 3.89. The number of ether oxygens (including phenoxy) is 1. The summed E-state index contributed by atoms with van der Waals surface area (Å²) in [6.45, 7) is 8.11. The van der Waals surface area contributed by atoms with Crippen LogP contribution in [-0.2, 0) is 22.5 Å². The lowest BCUT2D eigenvalue weighted by Crippen LogP contribution is -2.42. The first-order valence-electron chi connectivity index (χ1n) is 7.72. The van der Waals surface area contributed by atoms with Crippen LogP contribution in [0.25, 0.3) is 0 Å². The largest absolute Gasteiger partial charge is 0.379 e. The minimum atomic E-state index is 0.0598. The van der Waals surface area contributed by atoms with Crippen molar-refractivity contribution < 1.29 is 14.1 Å². The smallest absolute Gasteiger partial charge is 0.220 e. The van der Waals surface area contributed by atoms with Gasteiger partial charge in [0.2, 0.25) is 5.91 Å². The molecule has 1 aliphatic heterocycles. The van der Waals surface area contributed by atoms with E-state index in [1.165, 1.54) is 0 Å². The molecule has 0 aromatic carbocycles. The van der Waals surface area contributed by atoms with Crippen molar-refractivity contribution in [1.29, 1.82) is 0 Å². The lowest BCUT2D eigenvalue weighted by Gasteiger charge is -2.32. The molecule has 6 heteroatoms. The SMILES string of the molecule is CCc1cc(CNC(=O)CC[C@H](C)N2CCOCC2)on1. The van der Waals surface area contributed by atoms with Crippen molar-refractivity contribution in [3.8, 4) is 0 Å². The van der Waals surface area contributed by atoms with Crippen molar-refractivity contribution in [2.45, 2.75) is 45.7 Å². The maximum atomic E-state index is 11.9. The molecule has 1 aromatic rings. The predicted molar refractivity (Wildman–Crippen MR) is 78.8 cm³/mol. The molecular weight excluding hydrogens is 270 g/mol. The number of amides is 1. The number of morpholine rings is 1. The van der Waals surface area contributed by atoms with Crippen LogP contribution in [0.5, 0.6) is 0 Å². The van der Waals surface area contributed by atoms with E-state index in [2.05, 4.69) is 22.3 Å². The zero-order valence-corrected chi connectivity index (χ0v) is 12.9. The van der Waals surface area contributed by atoms with E-state index < -0.39 is 0 Å². The average molecular weight is 295 g/mol. The first kappa shape index (κ1) is 16.0. The van der Waals surface area contributed by atoms with Crippen LogP contribution < -0.4 is 5.32 Å². The second kappa shape index (κ2) is 8.14. The Balaban J connectivity index is 1.64. The quantitative estimate of drug-likeness (QED) is 0.822. The van der Waals surface area contributed by atoms with Gasteiger partial charge < -0.3 is 14.6 Å². The van der Waals surface area contributed by atoms with Crippen LogP contribution in [0.15, 0.2) is 10.6 Å². The lowest BCUT2D eigenvalue weighted by molar-refractivity contribution is -0.121. The van der Waals surface area contributed by atoms with E-state index in [0.717, 1.165) is 44.8 Å². The summed E-state index contributed by atoms with van der Waals surface area (Å²) in [5, 5.41) is 6.78. The number of nitrogens with zero attached hydrogens (tertiary/aromatic N) is 2. The Bertz CT molecular complexity index is 441. The van der Waals surface area contributed by atoms with Gasteiger partial charge in [0.05, 0.1) is 25.5 Å². The molecule has 1 amide bonds. The summed E-state index contributed by atoms with van der Waals surface area (Å²) >= 11 is 0. The van der Waals surface area contributed by atoms with Crippen LogP contribution in [0.4, 0.5) is 0 Å². The summed E-state index contributed by atoms with van der Waals surface area (Å²) in [7, 11) is 0. The maximum Gasteiger partial charge on any atom is 0.220 e. The van der Waals surface area contributed by atoms with Crippen LogP contribution in [-0.4, -0.2) is 48.3 Å². The highest BCUT2D eigenvalue weighted by Crippen LogP contribution is 2.09. The molecule has 1 fully saturated rings. The summed E-state index contributed by atoms with van der Waals surface area (Å²) in [5.74, 6) is 0.769. The molecule has 6 nitrogen and oxygen atoms in total. The molecule has 0 spiro atoms. The molecule has 0 aliphatic carbocycles. The van der Waals surface area contributed by atoms with Crippen LogP contribution in [0.1, 0.15) is 38.1 Å². The van der Waals surface area contributed by atoms with Gasteiger partial charge in [-0.1, -0.05) is 12.1 Å². The first-order valence-corrected chi connectivity index (χ1v) is 7.72. The molecule has 1 aliphatic rings. The highest BCUT2D eigenvalue weighted by Gasteiger charge is 2.17. The Morgan fingerprint density at radius 1 is 1.48 bits per heavy atom. The molecule has 0 unspecified atom stereocenters. The van der Waals surface area contributed by atoms with Gasteiger partial charge in [0, 0.05) is 31.6 Å². The molecule has 2 heterocycles. The van der Waals surface area contributed by atoms with E-state index in [0.29, 0.717) is 24.8 Å². The van der Waals surface area contributed by atoms with Gasteiger partial charge in [0.1, 0.15) is 0 Å². The standard InChI is InChI=1S/C15H25N3O3/c1-3-13-10-14(21-17-13)11-16-15(19)5-4-12(2)18-6-8-20-9-7-18/h10,12H,3-9,11H2,1-2H3,(H,16,19)/t12-/m0/s1. The molecule has 1 aromatic heterocycles. The molecule has 1 atom stereocenters. The van der Waals surface area contributed by atoms with Gasteiger partial charge in [-0.15, -0.1) is 0 Å². The van der Waals surface area contributed by atoms with Crippen molar-refractivity contribution in [2.24, 2.45) is 0 Å². The van der Waals surface area contributed by atoms with Crippen LogP contribution in [0.3, 0.4) is 0 Å². The van der Waals surface area contributed by atoms with Gasteiger partial charge in [-0.3, -0.25) is 9.69 Å². The zero-order chi connectivity index (χ0) is 15.1. The van der Waals surface area contributed by atoms with Gasteiger partial charge in [-0.2, -0.15) is 0 Å².